The Hall–Kier alpha value is -2.30. The number of carbonyl (C=O) groups excluding carboxylic acids is 1. The molecule has 1 aliphatic carbocycles. The minimum absolute atomic E-state index is 0.670. The van der Waals surface area contributed by atoms with Crippen LogP contribution in [0.15, 0.2) is 48.5 Å². The Labute approximate surface area is 119 Å². The van der Waals surface area contributed by atoms with E-state index in [9.17, 15) is 18.0 Å². The van der Waals surface area contributed by atoms with Gasteiger partial charge in [0.1, 0.15) is 0 Å². The fraction of sp³-hybridized carbons (Fsp3) is 0.188. The fourth-order valence-electron chi connectivity index (χ4n) is 2.89. The van der Waals surface area contributed by atoms with Crippen LogP contribution in [0.25, 0.3) is 11.1 Å². The van der Waals surface area contributed by atoms with Crippen LogP contribution in [0.1, 0.15) is 18.1 Å². The molecule has 0 spiro atoms. The molecule has 5 heteroatoms. The Morgan fingerprint density at radius 2 is 1.38 bits per heavy atom. The van der Waals surface area contributed by atoms with Crippen LogP contribution in [0.3, 0.4) is 0 Å². The van der Waals surface area contributed by atoms with Gasteiger partial charge in [-0.1, -0.05) is 48.5 Å². The number of halogens is 3. The molecule has 0 heterocycles. The molecule has 0 saturated carbocycles. The van der Waals surface area contributed by atoms with Gasteiger partial charge in [-0.05, 0) is 29.2 Å². The van der Waals surface area contributed by atoms with Gasteiger partial charge < -0.3 is 5.32 Å². The number of rotatable bonds is 1. The zero-order chi connectivity index (χ0) is 15.3. The van der Waals surface area contributed by atoms with Crippen LogP contribution in [-0.2, 0) is 10.3 Å². The largest absolute Gasteiger partial charge is 0.471 e. The predicted molar refractivity (Wildman–Crippen MR) is 72.5 cm³/mol. The van der Waals surface area contributed by atoms with Gasteiger partial charge in [0.25, 0.3) is 0 Å². The van der Waals surface area contributed by atoms with Crippen LogP contribution in [-0.4, -0.2) is 12.1 Å². The van der Waals surface area contributed by atoms with Gasteiger partial charge in [0.05, 0.1) is 5.54 Å². The molecule has 0 bridgehead atoms. The summed E-state index contributed by atoms with van der Waals surface area (Å²) in [5.74, 6) is -1.93. The molecule has 0 saturated heterocycles. The van der Waals surface area contributed by atoms with Crippen molar-refractivity contribution in [2.75, 3.05) is 0 Å². The van der Waals surface area contributed by atoms with E-state index in [0.717, 1.165) is 11.1 Å². The normalized spacial score (nSPS) is 15.2. The molecule has 1 aliphatic rings. The maximum Gasteiger partial charge on any atom is 0.471 e. The summed E-state index contributed by atoms with van der Waals surface area (Å²) >= 11 is 0. The quantitative estimate of drug-likeness (QED) is 0.854. The van der Waals surface area contributed by atoms with Crippen molar-refractivity contribution in [2.45, 2.75) is 18.6 Å². The van der Waals surface area contributed by atoms with Crippen molar-refractivity contribution in [3.63, 3.8) is 0 Å². The SMILES string of the molecule is CC1(NC(=O)C(F)(F)F)c2ccccc2-c2ccccc21. The Balaban J connectivity index is 2.16. The number of carbonyl (C=O) groups is 1. The number of nitrogens with one attached hydrogen (secondary N) is 1. The Morgan fingerprint density at radius 3 is 1.81 bits per heavy atom. The van der Waals surface area contributed by atoms with Crippen LogP contribution < -0.4 is 5.32 Å². The van der Waals surface area contributed by atoms with Gasteiger partial charge in [0, 0.05) is 0 Å². The second-order valence-corrected chi connectivity index (χ2v) is 5.17. The zero-order valence-corrected chi connectivity index (χ0v) is 11.2. The van der Waals surface area contributed by atoms with Crippen LogP contribution in [0, 0.1) is 0 Å². The molecule has 3 rings (SSSR count). The summed E-state index contributed by atoms with van der Waals surface area (Å²) in [5.41, 5.74) is 1.85. The molecule has 1 amide bonds. The highest BCUT2D eigenvalue weighted by Crippen LogP contribution is 2.47. The first-order valence-electron chi connectivity index (χ1n) is 6.43. The fourth-order valence-corrected chi connectivity index (χ4v) is 2.89. The second kappa shape index (κ2) is 4.35. The van der Waals surface area contributed by atoms with E-state index < -0.39 is 17.6 Å². The van der Waals surface area contributed by atoms with E-state index in [0.29, 0.717) is 11.1 Å². The summed E-state index contributed by atoms with van der Waals surface area (Å²) in [5, 5.41) is 2.14. The molecule has 2 aromatic carbocycles. The van der Waals surface area contributed by atoms with Crippen LogP contribution in [0.2, 0.25) is 0 Å². The minimum atomic E-state index is -4.91. The van der Waals surface area contributed by atoms with Crippen molar-refractivity contribution >= 4 is 5.91 Å². The highest BCUT2D eigenvalue weighted by Gasteiger charge is 2.46. The van der Waals surface area contributed by atoms with Crippen LogP contribution >= 0.6 is 0 Å². The predicted octanol–water partition coefficient (Wildman–Crippen LogP) is 3.61. The molecule has 21 heavy (non-hydrogen) atoms. The van der Waals surface area contributed by atoms with Crippen molar-refractivity contribution < 1.29 is 18.0 Å². The van der Waals surface area contributed by atoms with Crippen molar-refractivity contribution in [2.24, 2.45) is 0 Å². The average molecular weight is 291 g/mol. The summed E-state index contributed by atoms with van der Waals surface area (Å²) in [7, 11) is 0. The summed E-state index contributed by atoms with van der Waals surface area (Å²) in [6.45, 7) is 1.60. The lowest BCUT2D eigenvalue weighted by Gasteiger charge is -2.29. The van der Waals surface area contributed by atoms with Gasteiger partial charge in [-0.25, -0.2) is 0 Å². The highest BCUT2D eigenvalue weighted by atomic mass is 19.4. The van der Waals surface area contributed by atoms with Gasteiger partial charge in [-0.15, -0.1) is 0 Å². The van der Waals surface area contributed by atoms with Crippen molar-refractivity contribution in [1.82, 2.24) is 5.32 Å². The molecule has 0 radical (unpaired) electrons. The Kier molecular flexibility index (Phi) is 2.83. The number of hydrogen-bond acceptors (Lipinski definition) is 1. The minimum Gasteiger partial charge on any atom is -0.335 e. The average Bonchev–Trinajstić information content (AvgIpc) is 2.69. The van der Waals surface area contributed by atoms with Crippen LogP contribution in [0.4, 0.5) is 13.2 Å². The van der Waals surface area contributed by atoms with Gasteiger partial charge in [-0.3, -0.25) is 4.79 Å². The standard InChI is InChI=1S/C16H12F3NO/c1-15(20-14(21)16(17,18)19)12-8-4-2-6-10(12)11-7-3-5-9-13(11)15/h2-9H,1H3,(H,20,21). The lowest BCUT2D eigenvalue weighted by molar-refractivity contribution is -0.175. The number of hydrogen-bond donors (Lipinski definition) is 1. The molecular weight excluding hydrogens is 279 g/mol. The smallest absolute Gasteiger partial charge is 0.335 e. The first kappa shape index (κ1) is 13.7. The lowest BCUT2D eigenvalue weighted by Crippen LogP contribution is -2.48. The lowest BCUT2D eigenvalue weighted by atomic mass is 9.89. The molecule has 1 N–H and O–H groups in total. The third kappa shape index (κ3) is 2.00. The van der Waals surface area contributed by atoms with E-state index >= 15 is 0 Å². The van der Waals surface area contributed by atoms with Gasteiger partial charge in [0.2, 0.25) is 0 Å². The zero-order valence-electron chi connectivity index (χ0n) is 11.2. The van der Waals surface area contributed by atoms with E-state index in [1.165, 1.54) is 0 Å². The summed E-state index contributed by atoms with van der Waals surface area (Å²) in [6, 6.07) is 14.3. The maximum atomic E-state index is 12.6. The number of alkyl halides is 3. The van der Waals surface area contributed by atoms with Crippen molar-refractivity contribution in [3.05, 3.63) is 59.7 Å². The van der Waals surface area contributed by atoms with Gasteiger partial charge in [-0.2, -0.15) is 13.2 Å². The molecule has 0 aliphatic heterocycles. The molecular formula is C16H12F3NO. The molecule has 2 aromatic rings. The molecule has 0 atom stereocenters. The van der Waals surface area contributed by atoms with E-state index in [1.54, 1.807) is 31.2 Å². The first-order chi connectivity index (χ1) is 9.84. The van der Waals surface area contributed by atoms with Gasteiger partial charge >= 0.3 is 12.1 Å². The van der Waals surface area contributed by atoms with Crippen molar-refractivity contribution in [1.29, 1.82) is 0 Å². The molecule has 0 fully saturated rings. The summed E-state index contributed by atoms with van der Waals surface area (Å²) in [4.78, 5) is 11.4. The van der Waals surface area contributed by atoms with E-state index in [-0.39, 0.29) is 0 Å². The maximum absolute atomic E-state index is 12.6. The molecule has 2 nitrogen and oxygen atoms in total. The molecule has 108 valence electrons. The van der Waals surface area contributed by atoms with Crippen LogP contribution in [0.5, 0.6) is 0 Å². The first-order valence-corrected chi connectivity index (χ1v) is 6.43. The number of fused-ring (bicyclic) bond motifs is 3. The topological polar surface area (TPSA) is 29.1 Å². The highest BCUT2D eigenvalue weighted by molar-refractivity contribution is 5.87. The number of benzene rings is 2. The van der Waals surface area contributed by atoms with E-state index in [4.69, 9.17) is 0 Å². The number of amides is 1. The third-order valence-electron chi connectivity index (χ3n) is 3.84. The Bertz CT molecular complexity index is 676. The summed E-state index contributed by atoms with van der Waals surface area (Å²) in [6.07, 6.45) is -4.91. The van der Waals surface area contributed by atoms with Gasteiger partial charge in [0.15, 0.2) is 0 Å². The molecule has 0 aromatic heterocycles. The molecule has 0 unspecified atom stereocenters. The Morgan fingerprint density at radius 1 is 0.952 bits per heavy atom. The van der Waals surface area contributed by atoms with Crippen molar-refractivity contribution in [3.8, 4) is 11.1 Å². The summed E-state index contributed by atoms with van der Waals surface area (Å²) < 4.78 is 37.8. The van der Waals surface area contributed by atoms with E-state index in [2.05, 4.69) is 5.32 Å². The third-order valence-corrected chi connectivity index (χ3v) is 3.84. The second-order valence-electron chi connectivity index (χ2n) is 5.17. The monoisotopic (exact) mass is 291 g/mol. The van der Waals surface area contributed by atoms with E-state index in [1.807, 2.05) is 24.3 Å².